The SMILES string of the molecule is CCc1cccc2c1N=C/C2=C\c1sc(=O)n(CCOc2ccccc2OC)c1O. The molecule has 0 atom stereocenters. The van der Waals surface area contributed by atoms with Crippen molar-refractivity contribution in [3.8, 4) is 17.4 Å². The van der Waals surface area contributed by atoms with Crippen LogP contribution in [0.25, 0.3) is 11.6 Å². The van der Waals surface area contributed by atoms with Crippen molar-refractivity contribution in [3.63, 3.8) is 0 Å². The first-order chi connectivity index (χ1) is 14.6. The maximum Gasteiger partial charge on any atom is 0.310 e. The number of thiazole rings is 1. The number of allylic oxidation sites excluding steroid dienone is 1. The molecular formula is C23H22N2O4S. The van der Waals surface area contributed by atoms with E-state index in [-0.39, 0.29) is 23.9 Å². The minimum absolute atomic E-state index is 0.0605. The Balaban J connectivity index is 1.54. The van der Waals surface area contributed by atoms with E-state index in [4.69, 9.17) is 9.47 Å². The molecule has 0 saturated carbocycles. The number of nitrogens with zero attached hydrogens (tertiary/aromatic N) is 2. The number of aromatic hydroxyl groups is 1. The summed E-state index contributed by atoms with van der Waals surface area (Å²) in [6.07, 6.45) is 4.49. The molecule has 2 heterocycles. The van der Waals surface area contributed by atoms with E-state index in [9.17, 15) is 9.90 Å². The monoisotopic (exact) mass is 422 g/mol. The van der Waals surface area contributed by atoms with Gasteiger partial charge in [0.25, 0.3) is 0 Å². The molecule has 0 bridgehead atoms. The standard InChI is InChI=1S/C23H22N2O4S/c1-3-15-7-6-8-17-16(14-24-21(15)17)13-20-22(26)25(23(27)30-20)11-12-29-19-10-5-4-9-18(19)28-2/h4-10,13-14,26H,3,11-12H2,1-2H3/b16-13+. The molecule has 1 aliphatic rings. The zero-order valence-electron chi connectivity index (χ0n) is 16.8. The third-order valence-electron chi connectivity index (χ3n) is 4.97. The van der Waals surface area contributed by atoms with Crippen LogP contribution in [-0.4, -0.2) is 29.6 Å². The van der Waals surface area contributed by atoms with Crippen molar-refractivity contribution in [2.75, 3.05) is 13.7 Å². The van der Waals surface area contributed by atoms with Crippen LogP contribution in [0.2, 0.25) is 0 Å². The van der Waals surface area contributed by atoms with E-state index in [1.165, 1.54) is 10.1 Å². The van der Waals surface area contributed by atoms with Gasteiger partial charge in [0.1, 0.15) is 6.61 Å². The number of aliphatic imine (C=N–C) groups is 1. The molecule has 0 aliphatic carbocycles. The summed E-state index contributed by atoms with van der Waals surface area (Å²) in [5.74, 6) is 1.15. The van der Waals surface area contributed by atoms with E-state index in [0.717, 1.165) is 34.6 Å². The molecule has 0 amide bonds. The summed E-state index contributed by atoms with van der Waals surface area (Å²) in [5, 5.41) is 10.6. The van der Waals surface area contributed by atoms with E-state index in [0.29, 0.717) is 16.4 Å². The van der Waals surface area contributed by atoms with Crippen LogP contribution in [0.5, 0.6) is 17.4 Å². The van der Waals surface area contributed by atoms with Crippen LogP contribution in [-0.2, 0) is 13.0 Å². The number of hydrogen-bond donors (Lipinski definition) is 1. The zero-order valence-corrected chi connectivity index (χ0v) is 17.6. The van der Waals surface area contributed by atoms with Gasteiger partial charge in [-0.25, -0.2) is 0 Å². The molecule has 30 heavy (non-hydrogen) atoms. The van der Waals surface area contributed by atoms with E-state index < -0.39 is 0 Å². The van der Waals surface area contributed by atoms with Crippen molar-refractivity contribution in [2.45, 2.75) is 19.9 Å². The predicted octanol–water partition coefficient (Wildman–Crippen LogP) is 4.52. The van der Waals surface area contributed by atoms with Gasteiger partial charge in [-0.15, -0.1) is 0 Å². The van der Waals surface area contributed by atoms with Crippen molar-refractivity contribution in [1.29, 1.82) is 0 Å². The molecule has 1 aliphatic heterocycles. The number of aromatic nitrogens is 1. The van der Waals surface area contributed by atoms with Crippen LogP contribution in [0.15, 0.2) is 52.3 Å². The number of fused-ring (bicyclic) bond motifs is 1. The van der Waals surface area contributed by atoms with Gasteiger partial charge in [0.05, 0.1) is 24.2 Å². The number of hydrogen-bond acceptors (Lipinski definition) is 6. The van der Waals surface area contributed by atoms with E-state index in [2.05, 4.69) is 18.0 Å². The average Bonchev–Trinajstić information content (AvgIpc) is 3.30. The number of methoxy groups -OCH3 is 1. The maximum atomic E-state index is 12.4. The van der Waals surface area contributed by atoms with Crippen molar-refractivity contribution < 1.29 is 14.6 Å². The van der Waals surface area contributed by atoms with Crippen LogP contribution in [0, 0.1) is 0 Å². The van der Waals surface area contributed by atoms with Gasteiger partial charge in [-0.2, -0.15) is 0 Å². The Morgan fingerprint density at radius 1 is 1.17 bits per heavy atom. The van der Waals surface area contributed by atoms with Gasteiger partial charge in [-0.1, -0.05) is 48.6 Å². The highest BCUT2D eigenvalue weighted by atomic mass is 32.1. The Bertz CT molecular complexity index is 1190. The highest BCUT2D eigenvalue weighted by Crippen LogP contribution is 2.37. The highest BCUT2D eigenvalue weighted by Gasteiger charge is 2.18. The Hall–Kier alpha value is -3.32. The highest BCUT2D eigenvalue weighted by molar-refractivity contribution is 7.10. The number of rotatable bonds is 7. The first kappa shape index (κ1) is 20.0. The Morgan fingerprint density at radius 2 is 1.97 bits per heavy atom. The smallest absolute Gasteiger partial charge is 0.310 e. The fraction of sp³-hybridized carbons (Fsp3) is 0.217. The lowest BCUT2D eigenvalue weighted by atomic mass is 10.0. The third kappa shape index (κ3) is 3.76. The summed E-state index contributed by atoms with van der Waals surface area (Å²) >= 11 is 1.01. The molecule has 0 saturated heterocycles. The molecule has 6 nitrogen and oxygen atoms in total. The normalized spacial score (nSPS) is 13.6. The fourth-order valence-electron chi connectivity index (χ4n) is 3.41. The Kier molecular flexibility index (Phi) is 5.72. The summed E-state index contributed by atoms with van der Waals surface area (Å²) in [6.45, 7) is 2.55. The quantitative estimate of drug-likeness (QED) is 0.608. The number of ether oxygens (including phenoxy) is 2. The Morgan fingerprint density at radius 3 is 2.73 bits per heavy atom. The Labute approximate surface area is 178 Å². The molecule has 1 aromatic heterocycles. The second-order valence-corrected chi connectivity index (χ2v) is 7.72. The topological polar surface area (TPSA) is 73.1 Å². The number of benzene rings is 2. The summed E-state index contributed by atoms with van der Waals surface area (Å²) < 4.78 is 12.3. The molecule has 0 spiro atoms. The van der Waals surface area contributed by atoms with E-state index in [1.807, 2.05) is 30.3 Å². The molecule has 2 aromatic carbocycles. The van der Waals surface area contributed by atoms with Crippen LogP contribution in [0.3, 0.4) is 0 Å². The summed E-state index contributed by atoms with van der Waals surface area (Å²) in [7, 11) is 1.57. The lowest BCUT2D eigenvalue weighted by Gasteiger charge is -2.10. The van der Waals surface area contributed by atoms with Gasteiger partial charge in [-0.05, 0) is 30.2 Å². The molecular weight excluding hydrogens is 400 g/mol. The summed E-state index contributed by atoms with van der Waals surface area (Å²) in [4.78, 5) is 17.2. The minimum Gasteiger partial charge on any atom is -0.493 e. The van der Waals surface area contributed by atoms with Gasteiger partial charge < -0.3 is 14.6 Å². The van der Waals surface area contributed by atoms with Crippen molar-refractivity contribution >= 4 is 34.9 Å². The molecule has 1 N–H and O–H groups in total. The number of aryl methyl sites for hydroxylation is 1. The second-order valence-electron chi connectivity index (χ2n) is 6.73. The van der Waals surface area contributed by atoms with Gasteiger partial charge in [0.2, 0.25) is 5.88 Å². The van der Waals surface area contributed by atoms with E-state index >= 15 is 0 Å². The first-order valence-corrected chi connectivity index (χ1v) is 10.5. The lowest BCUT2D eigenvalue weighted by Crippen LogP contribution is -2.17. The fourth-order valence-corrected chi connectivity index (χ4v) is 4.28. The largest absolute Gasteiger partial charge is 0.493 e. The second kappa shape index (κ2) is 8.59. The minimum atomic E-state index is -0.236. The first-order valence-electron chi connectivity index (χ1n) is 9.68. The van der Waals surface area contributed by atoms with Crippen molar-refractivity contribution in [1.82, 2.24) is 4.57 Å². The van der Waals surface area contributed by atoms with Gasteiger partial charge >= 0.3 is 4.87 Å². The lowest BCUT2D eigenvalue weighted by molar-refractivity contribution is 0.271. The molecule has 3 aromatic rings. The van der Waals surface area contributed by atoms with E-state index in [1.54, 1.807) is 25.5 Å². The zero-order chi connectivity index (χ0) is 21.1. The number of para-hydroxylation sites is 3. The molecule has 154 valence electrons. The van der Waals surface area contributed by atoms with Gasteiger partial charge in [-0.3, -0.25) is 14.4 Å². The summed E-state index contributed by atoms with van der Waals surface area (Å²) in [6, 6.07) is 13.4. The van der Waals surface area contributed by atoms with Crippen molar-refractivity contribution in [3.05, 3.63) is 68.1 Å². The van der Waals surface area contributed by atoms with Crippen LogP contribution < -0.4 is 14.3 Å². The molecule has 4 rings (SSSR count). The molecule has 0 unspecified atom stereocenters. The van der Waals surface area contributed by atoms with Crippen LogP contribution >= 0.6 is 11.3 Å². The van der Waals surface area contributed by atoms with Crippen LogP contribution in [0.4, 0.5) is 5.69 Å². The van der Waals surface area contributed by atoms with Gasteiger partial charge in [0, 0.05) is 17.4 Å². The summed E-state index contributed by atoms with van der Waals surface area (Å²) in [5.41, 5.74) is 4.04. The van der Waals surface area contributed by atoms with Crippen LogP contribution in [0.1, 0.15) is 22.9 Å². The van der Waals surface area contributed by atoms with Gasteiger partial charge in [0.15, 0.2) is 11.5 Å². The van der Waals surface area contributed by atoms with Crippen molar-refractivity contribution in [2.24, 2.45) is 4.99 Å². The molecule has 7 heteroatoms. The predicted molar refractivity (Wildman–Crippen MR) is 121 cm³/mol. The molecule has 0 fully saturated rings. The average molecular weight is 423 g/mol. The maximum absolute atomic E-state index is 12.4. The molecule has 0 radical (unpaired) electrons. The third-order valence-corrected chi connectivity index (χ3v) is 5.88.